The van der Waals surface area contributed by atoms with Gasteiger partial charge < -0.3 is 20.3 Å². The van der Waals surface area contributed by atoms with Gasteiger partial charge in [-0.1, -0.05) is 30.3 Å². The monoisotopic (exact) mass is 659 g/mol. The van der Waals surface area contributed by atoms with Gasteiger partial charge in [0.05, 0.1) is 18.7 Å². The zero-order chi connectivity index (χ0) is 33.5. The van der Waals surface area contributed by atoms with Crippen LogP contribution in [-0.4, -0.2) is 96.2 Å². The van der Waals surface area contributed by atoms with Crippen LogP contribution in [0.4, 0.5) is 5.69 Å². The lowest BCUT2D eigenvalue weighted by molar-refractivity contribution is -0.131. The number of ether oxygens (including phenoxy) is 1. The van der Waals surface area contributed by atoms with Gasteiger partial charge in [0.2, 0.25) is 11.8 Å². The summed E-state index contributed by atoms with van der Waals surface area (Å²) in [5.41, 5.74) is 9.63. The molecule has 1 spiro atoms. The van der Waals surface area contributed by atoms with Crippen LogP contribution in [0.5, 0.6) is 5.88 Å². The molecule has 0 radical (unpaired) electrons. The molecule has 5 aromatic rings. The Hall–Kier alpha value is -5.11. The van der Waals surface area contributed by atoms with Gasteiger partial charge in [-0.3, -0.25) is 24.6 Å². The molecule has 3 aromatic heterocycles. The Balaban J connectivity index is 0.845. The molecule has 252 valence electrons. The van der Waals surface area contributed by atoms with Gasteiger partial charge in [-0.2, -0.15) is 10.2 Å². The average Bonchev–Trinajstić information content (AvgIpc) is 3.42. The number of aromatic nitrogens is 6. The van der Waals surface area contributed by atoms with Crippen molar-refractivity contribution in [1.82, 2.24) is 44.9 Å². The molecule has 2 fully saturated rings. The smallest absolute Gasteiger partial charge is 0.237 e. The minimum absolute atomic E-state index is 0.0847. The van der Waals surface area contributed by atoms with E-state index >= 15 is 0 Å². The van der Waals surface area contributed by atoms with Crippen molar-refractivity contribution in [2.24, 2.45) is 12.5 Å². The third-order valence-electron chi connectivity index (χ3n) is 10.0. The van der Waals surface area contributed by atoms with Crippen molar-refractivity contribution in [1.29, 1.82) is 0 Å². The maximum absolute atomic E-state index is 13.3. The highest BCUT2D eigenvalue weighted by Gasteiger charge is 2.58. The molecular weight excluding hydrogens is 620 g/mol. The zero-order valence-electron chi connectivity index (χ0n) is 27.7. The average molecular weight is 660 g/mol. The number of nitrogens with one attached hydrogen (secondary N) is 2. The summed E-state index contributed by atoms with van der Waals surface area (Å²) in [6.07, 6.45) is 8.11. The maximum atomic E-state index is 13.3. The molecule has 5 heterocycles. The molecule has 2 unspecified atom stereocenters. The molecule has 2 atom stereocenters. The fourth-order valence-electron chi connectivity index (χ4n) is 7.26. The number of aromatic amines is 1. The van der Waals surface area contributed by atoms with Crippen molar-refractivity contribution < 1.29 is 9.53 Å². The summed E-state index contributed by atoms with van der Waals surface area (Å²) in [6.45, 7) is 5.72. The summed E-state index contributed by atoms with van der Waals surface area (Å²) < 4.78 is 7.26. The number of H-pyrrole nitrogens is 1. The van der Waals surface area contributed by atoms with E-state index in [4.69, 9.17) is 4.74 Å². The fraction of sp³-hybridized carbons (Fsp3) is 0.361. The highest BCUT2D eigenvalue weighted by Crippen LogP contribution is 2.55. The molecule has 3 aliphatic rings. The van der Waals surface area contributed by atoms with E-state index in [0.717, 1.165) is 65.2 Å². The number of anilines is 1. The highest BCUT2D eigenvalue weighted by molar-refractivity contribution is 5.95. The normalized spacial score (nSPS) is 20.7. The molecule has 2 aliphatic heterocycles. The second-order valence-corrected chi connectivity index (χ2v) is 13.3. The van der Waals surface area contributed by atoms with E-state index in [1.807, 2.05) is 61.3 Å². The predicted octanol–water partition coefficient (Wildman–Crippen LogP) is 4.73. The highest BCUT2D eigenvalue weighted by atomic mass is 16.5. The van der Waals surface area contributed by atoms with Gasteiger partial charge >= 0.3 is 0 Å². The lowest BCUT2D eigenvalue weighted by Gasteiger charge is -2.32. The molecule has 49 heavy (non-hydrogen) atoms. The standard InChI is InChI=1S/C36H39N10O3/c1-3-49-32-18-27(10-14-37-32)34-29-19-28(8-9-30(29)39-40-34)41-46(48)31-20-36(31)13-17-44(22-36)21-33(47)45-15-11-25(12-16-45)24-4-6-26(7-5-24)35-38-23-43(2)42-35/h4-11,14,18-19,23,31,41H,3,12-13,15-17,20-22H2,1-2H3,(H,39,40)/q-1. The van der Waals surface area contributed by atoms with Gasteiger partial charge in [-0.05, 0) is 68.1 Å². The van der Waals surface area contributed by atoms with Crippen LogP contribution in [0.25, 0.3) is 39.1 Å². The van der Waals surface area contributed by atoms with Gasteiger partial charge in [-0.25, -0.2) is 9.97 Å². The first-order valence-corrected chi connectivity index (χ1v) is 16.8. The third kappa shape index (κ3) is 6.28. The second-order valence-electron chi connectivity index (χ2n) is 13.3. The molecule has 13 nitrogen and oxygen atoms in total. The Kier molecular flexibility index (Phi) is 8.10. The topological polar surface area (TPSA) is 143 Å². The molecule has 0 bridgehead atoms. The number of aryl methyl sites for hydroxylation is 1. The van der Waals surface area contributed by atoms with Crippen molar-refractivity contribution >= 4 is 28.1 Å². The maximum Gasteiger partial charge on any atom is 0.237 e. The van der Waals surface area contributed by atoms with Crippen LogP contribution in [0.2, 0.25) is 0 Å². The lowest BCUT2D eigenvalue weighted by Crippen LogP contribution is -2.42. The number of nitrogens with zero attached hydrogens (tertiary/aromatic N) is 8. The van der Waals surface area contributed by atoms with Crippen molar-refractivity contribution in [3.63, 3.8) is 0 Å². The van der Waals surface area contributed by atoms with Crippen LogP contribution >= 0.6 is 0 Å². The lowest BCUT2D eigenvalue weighted by atomic mass is 9.98. The van der Waals surface area contributed by atoms with Crippen molar-refractivity contribution in [3.8, 4) is 28.5 Å². The molecule has 8 rings (SSSR count). The van der Waals surface area contributed by atoms with E-state index in [0.29, 0.717) is 43.6 Å². The molecule has 1 aliphatic carbocycles. The summed E-state index contributed by atoms with van der Waals surface area (Å²) in [4.78, 5) is 26.0. The van der Waals surface area contributed by atoms with Gasteiger partial charge in [0.25, 0.3) is 0 Å². The molecule has 1 saturated carbocycles. The molecule has 13 heteroatoms. The number of hydrogen-bond donors (Lipinski definition) is 2. The summed E-state index contributed by atoms with van der Waals surface area (Å²) in [6, 6.07) is 17.7. The molecule has 1 saturated heterocycles. The number of rotatable bonds is 10. The zero-order valence-corrected chi connectivity index (χ0v) is 27.7. The van der Waals surface area contributed by atoms with Gasteiger partial charge in [0, 0.05) is 72.6 Å². The van der Waals surface area contributed by atoms with E-state index in [1.54, 1.807) is 17.2 Å². The Morgan fingerprint density at radius 1 is 1.10 bits per heavy atom. The van der Waals surface area contributed by atoms with Crippen LogP contribution in [0, 0.1) is 10.6 Å². The number of hydrazine groups is 1. The van der Waals surface area contributed by atoms with E-state index < -0.39 is 0 Å². The first kappa shape index (κ1) is 31.2. The molecule has 2 aromatic carbocycles. The minimum atomic E-state index is -0.138. The van der Waals surface area contributed by atoms with Crippen LogP contribution in [-0.2, 0) is 11.8 Å². The first-order chi connectivity index (χ1) is 23.9. The van der Waals surface area contributed by atoms with E-state index in [2.05, 4.69) is 53.8 Å². The number of hydrogen-bond acceptors (Lipinski definition) is 10. The number of pyridine rings is 1. The fourth-order valence-corrected chi connectivity index (χ4v) is 7.26. The second kappa shape index (κ2) is 12.7. The third-order valence-corrected chi connectivity index (χ3v) is 10.0. The summed E-state index contributed by atoms with van der Waals surface area (Å²) >= 11 is 0. The number of hydroxylamine groups is 1. The summed E-state index contributed by atoms with van der Waals surface area (Å²) in [7, 11) is 1.86. The Labute approximate surface area is 284 Å². The summed E-state index contributed by atoms with van der Waals surface area (Å²) in [5, 5.41) is 27.2. The van der Waals surface area contributed by atoms with Gasteiger partial charge in [0.15, 0.2) is 5.82 Å². The number of benzene rings is 2. The Bertz CT molecular complexity index is 2020. The number of carbonyl (C=O) groups excluding carboxylic acids is 1. The van der Waals surface area contributed by atoms with Crippen molar-refractivity contribution in [2.45, 2.75) is 32.2 Å². The van der Waals surface area contributed by atoms with E-state index in [1.165, 1.54) is 11.1 Å². The number of likely N-dealkylation sites (tertiary alicyclic amines) is 1. The minimum Gasteiger partial charge on any atom is -0.767 e. The number of carbonyl (C=O) groups is 1. The first-order valence-electron chi connectivity index (χ1n) is 16.8. The van der Waals surface area contributed by atoms with E-state index in [9.17, 15) is 10.0 Å². The number of fused-ring (bicyclic) bond motifs is 1. The quantitative estimate of drug-likeness (QED) is 0.202. The van der Waals surface area contributed by atoms with Gasteiger partial charge in [0.1, 0.15) is 12.0 Å². The van der Waals surface area contributed by atoms with Crippen LogP contribution < -0.4 is 10.2 Å². The summed E-state index contributed by atoms with van der Waals surface area (Å²) in [5.74, 6) is 1.40. The predicted molar refractivity (Wildman–Crippen MR) is 187 cm³/mol. The molecular formula is C36H39N10O3-. The van der Waals surface area contributed by atoms with Crippen molar-refractivity contribution in [3.05, 3.63) is 84.0 Å². The largest absolute Gasteiger partial charge is 0.767 e. The molecule has 2 N–H and O–H groups in total. The van der Waals surface area contributed by atoms with Crippen LogP contribution in [0.15, 0.2) is 73.2 Å². The van der Waals surface area contributed by atoms with E-state index in [-0.39, 0.29) is 17.4 Å². The van der Waals surface area contributed by atoms with Crippen molar-refractivity contribution in [2.75, 3.05) is 44.8 Å². The molecule has 1 amide bonds. The van der Waals surface area contributed by atoms with Crippen LogP contribution in [0.1, 0.15) is 31.7 Å². The van der Waals surface area contributed by atoms with Gasteiger partial charge in [-0.15, -0.1) is 0 Å². The van der Waals surface area contributed by atoms with Crippen LogP contribution in [0.3, 0.4) is 0 Å². The number of amides is 1. The Morgan fingerprint density at radius 3 is 2.73 bits per heavy atom. The SMILES string of the molecule is CCOc1cc(-c2n[nH]c3ccc(NN([O-])C4CC45CCN(CC(=O)N4CC=C(c6ccc(-c7ncn(C)n7)cc6)CC4)C5)cc23)ccn1. The Morgan fingerprint density at radius 2 is 1.96 bits per heavy atom.